The van der Waals surface area contributed by atoms with Crippen LogP contribution < -0.4 is 5.32 Å². The molecule has 3 aromatic rings. The first kappa shape index (κ1) is 14.8. The lowest BCUT2D eigenvalue weighted by Gasteiger charge is -2.05. The summed E-state index contributed by atoms with van der Waals surface area (Å²) in [6.07, 6.45) is 7.02. The van der Waals surface area contributed by atoms with Gasteiger partial charge < -0.3 is 15.0 Å². The van der Waals surface area contributed by atoms with E-state index in [9.17, 15) is 4.79 Å². The topological polar surface area (TPSA) is 67.0 Å². The van der Waals surface area contributed by atoms with Gasteiger partial charge in [-0.1, -0.05) is 42.5 Å². The highest BCUT2D eigenvalue weighted by molar-refractivity contribution is 5.86. The Hall–Kier alpha value is -3.08. The number of H-pyrrole nitrogens is 1. The number of rotatable bonds is 5. The van der Waals surface area contributed by atoms with Crippen molar-refractivity contribution in [3.05, 3.63) is 72.1 Å². The predicted molar refractivity (Wildman–Crippen MR) is 89.8 cm³/mol. The summed E-state index contributed by atoms with van der Waals surface area (Å²) >= 11 is 0. The van der Waals surface area contributed by atoms with E-state index in [4.69, 9.17) is 4.74 Å². The van der Waals surface area contributed by atoms with Gasteiger partial charge in [0.25, 0.3) is 0 Å². The van der Waals surface area contributed by atoms with E-state index >= 15 is 0 Å². The van der Waals surface area contributed by atoms with Crippen molar-refractivity contribution in [3.8, 4) is 0 Å². The first-order valence-corrected chi connectivity index (χ1v) is 7.36. The first-order chi connectivity index (χ1) is 11.3. The van der Waals surface area contributed by atoms with E-state index in [-0.39, 0.29) is 6.61 Å². The molecular weight excluding hydrogens is 290 g/mol. The molecule has 0 aliphatic heterocycles. The molecule has 0 spiro atoms. The third-order valence-corrected chi connectivity index (χ3v) is 3.36. The van der Waals surface area contributed by atoms with Crippen LogP contribution in [0.4, 0.5) is 4.79 Å². The van der Waals surface area contributed by atoms with Crippen molar-refractivity contribution >= 4 is 23.2 Å². The number of amides is 1. The van der Waals surface area contributed by atoms with Crippen molar-refractivity contribution in [1.82, 2.24) is 15.3 Å². The standard InChI is InChI=1S/C18H17N3O2/c22-18(23-13-14-6-2-1-3-7-14)20-11-4-8-15-12-21-17-16(15)9-5-10-19-17/h1-10,12H,11,13H2,(H,19,21)(H,20,22). The van der Waals surface area contributed by atoms with Gasteiger partial charge in [0, 0.05) is 29.9 Å². The van der Waals surface area contributed by atoms with Crippen molar-refractivity contribution in [3.63, 3.8) is 0 Å². The number of nitrogens with zero attached hydrogens (tertiary/aromatic N) is 1. The third kappa shape index (κ3) is 3.97. The number of ether oxygens (including phenoxy) is 1. The van der Waals surface area contributed by atoms with Crippen LogP contribution in [0.5, 0.6) is 0 Å². The van der Waals surface area contributed by atoms with Crippen LogP contribution in [0.2, 0.25) is 0 Å². The lowest BCUT2D eigenvalue weighted by molar-refractivity contribution is 0.141. The van der Waals surface area contributed by atoms with Crippen molar-refractivity contribution in [2.45, 2.75) is 6.61 Å². The van der Waals surface area contributed by atoms with E-state index in [1.54, 1.807) is 6.20 Å². The average molecular weight is 307 g/mol. The molecule has 2 aromatic heterocycles. The van der Waals surface area contributed by atoms with Crippen LogP contribution in [0.25, 0.3) is 17.1 Å². The second-order valence-corrected chi connectivity index (χ2v) is 4.99. The Morgan fingerprint density at radius 2 is 2.09 bits per heavy atom. The Bertz CT molecular complexity index is 809. The fourth-order valence-electron chi connectivity index (χ4n) is 2.22. The van der Waals surface area contributed by atoms with Gasteiger partial charge in [0.05, 0.1) is 0 Å². The number of aromatic nitrogens is 2. The zero-order valence-corrected chi connectivity index (χ0v) is 12.5. The summed E-state index contributed by atoms with van der Waals surface area (Å²) in [5.74, 6) is 0. The molecule has 2 N–H and O–H groups in total. The minimum absolute atomic E-state index is 0.268. The van der Waals surface area contributed by atoms with Crippen LogP contribution in [-0.2, 0) is 11.3 Å². The SMILES string of the molecule is O=C(NCC=Cc1c[nH]c2ncccc12)OCc1ccccc1. The number of nitrogens with one attached hydrogen (secondary N) is 2. The summed E-state index contributed by atoms with van der Waals surface area (Å²) in [5.41, 5.74) is 2.85. The molecule has 0 atom stereocenters. The number of hydrogen-bond acceptors (Lipinski definition) is 3. The first-order valence-electron chi connectivity index (χ1n) is 7.36. The Balaban J connectivity index is 1.46. The maximum Gasteiger partial charge on any atom is 0.407 e. The number of pyridine rings is 1. The number of fused-ring (bicyclic) bond motifs is 1. The Morgan fingerprint density at radius 1 is 1.22 bits per heavy atom. The Kier molecular flexibility index (Phi) is 4.69. The highest BCUT2D eigenvalue weighted by Crippen LogP contribution is 2.16. The molecule has 1 aromatic carbocycles. The quantitative estimate of drug-likeness (QED) is 0.758. The van der Waals surface area contributed by atoms with Crippen LogP contribution in [-0.4, -0.2) is 22.6 Å². The van der Waals surface area contributed by atoms with E-state index in [0.717, 1.165) is 22.2 Å². The summed E-state index contributed by atoms with van der Waals surface area (Å²) in [6.45, 7) is 0.672. The number of aromatic amines is 1. The molecular formula is C18H17N3O2. The lowest BCUT2D eigenvalue weighted by Crippen LogP contribution is -2.24. The zero-order valence-electron chi connectivity index (χ0n) is 12.5. The monoisotopic (exact) mass is 307 g/mol. The van der Waals surface area contributed by atoms with Crippen LogP contribution in [0.3, 0.4) is 0 Å². The molecule has 0 fully saturated rings. The summed E-state index contributed by atoms with van der Waals surface area (Å²) in [6, 6.07) is 13.5. The van der Waals surface area contributed by atoms with Gasteiger partial charge in [0.2, 0.25) is 0 Å². The molecule has 0 unspecified atom stereocenters. The van der Waals surface area contributed by atoms with E-state index in [2.05, 4.69) is 15.3 Å². The number of alkyl carbamates (subject to hydrolysis) is 1. The zero-order chi connectivity index (χ0) is 15.9. The summed E-state index contributed by atoms with van der Waals surface area (Å²) < 4.78 is 5.14. The fraction of sp³-hybridized carbons (Fsp3) is 0.111. The molecule has 0 radical (unpaired) electrons. The normalized spacial score (nSPS) is 11.0. The minimum atomic E-state index is -0.431. The molecule has 3 rings (SSSR count). The van der Waals surface area contributed by atoms with Gasteiger partial charge in [-0.3, -0.25) is 0 Å². The highest BCUT2D eigenvalue weighted by atomic mass is 16.5. The smallest absolute Gasteiger partial charge is 0.407 e. The van der Waals surface area contributed by atoms with E-state index in [0.29, 0.717) is 6.54 Å². The minimum Gasteiger partial charge on any atom is -0.445 e. The average Bonchev–Trinajstić information content (AvgIpc) is 3.01. The molecule has 0 aliphatic rings. The second kappa shape index (κ2) is 7.26. The van der Waals surface area contributed by atoms with E-state index < -0.39 is 6.09 Å². The Labute approximate surface area is 134 Å². The second-order valence-electron chi connectivity index (χ2n) is 4.99. The maximum absolute atomic E-state index is 11.6. The Morgan fingerprint density at radius 3 is 2.96 bits per heavy atom. The molecule has 5 heteroatoms. The number of benzene rings is 1. The van der Waals surface area contributed by atoms with Crippen molar-refractivity contribution < 1.29 is 9.53 Å². The summed E-state index contributed by atoms with van der Waals surface area (Å²) in [4.78, 5) is 18.9. The van der Waals surface area contributed by atoms with E-state index in [1.807, 2.05) is 60.8 Å². The summed E-state index contributed by atoms with van der Waals surface area (Å²) in [5, 5.41) is 3.74. The maximum atomic E-state index is 11.6. The number of hydrogen-bond donors (Lipinski definition) is 2. The molecule has 23 heavy (non-hydrogen) atoms. The van der Waals surface area contributed by atoms with Gasteiger partial charge in [-0.25, -0.2) is 9.78 Å². The number of carbonyl (C=O) groups is 1. The molecule has 0 bridgehead atoms. The van der Waals surface area contributed by atoms with Crippen LogP contribution in [0.15, 0.2) is 60.9 Å². The lowest BCUT2D eigenvalue weighted by atomic mass is 10.2. The van der Waals surface area contributed by atoms with Gasteiger partial charge in [0.1, 0.15) is 12.3 Å². The highest BCUT2D eigenvalue weighted by Gasteiger charge is 2.01. The van der Waals surface area contributed by atoms with Crippen LogP contribution >= 0.6 is 0 Å². The van der Waals surface area contributed by atoms with Gasteiger partial charge in [-0.2, -0.15) is 0 Å². The van der Waals surface area contributed by atoms with Gasteiger partial charge in [0.15, 0.2) is 0 Å². The number of carbonyl (C=O) groups excluding carboxylic acids is 1. The molecule has 0 saturated heterocycles. The van der Waals surface area contributed by atoms with Crippen molar-refractivity contribution in [2.75, 3.05) is 6.54 Å². The summed E-state index contributed by atoms with van der Waals surface area (Å²) in [7, 11) is 0. The third-order valence-electron chi connectivity index (χ3n) is 3.36. The van der Waals surface area contributed by atoms with E-state index in [1.165, 1.54) is 0 Å². The van der Waals surface area contributed by atoms with Gasteiger partial charge >= 0.3 is 6.09 Å². The van der Waals surface area contributed by atoms with Crippen LogP contribution in [0, 0.1) is 0 Å². The largest absolute Gasteiger partial charge is 0.445 e. The predicted octanol–water partition coefficient (Wildman–Crippen LogP) is 3.50. The molecule has 0 aliphatic carbocycles. The fourth-order valence-corrected chi connectivity index (χ4v) is 2.22. The van der Waals surface area contributed by atoms with Crippen molar-refractivity contribution in [2.24, 2.45) is 0 Å². The molecule has 5 nitrogen and oxygen atoms in total. The molecule has 0 saturated carbocycles. The molecule has 116 valence electrons. The van der Waals surface area contributed by atoms with Gasteiger partial charge in [-0.05, 0) is 17.7 Å². The molecule has 2 heterocycles. The molecule has 1 amide bonds. The van der Waals surface area contributed by atoms with Gasteiger partial charge in [-0.15, -0.1) is 0 Å². The van der Waals surface area contributed by atoms with Crippen molar-refractivity contribution in [1.29, 1.82) is 0 Å². The van der Waals surface area contributed by atoms with Crippen LogP contribution in [0.1, 0.15) is 11.1 Å².